The summed E-state index contributed by atoms with van der Waals surface area (Å²) in [5.74, 6) is 0.157. The Morgan fingerprint density at radius 1 is 1.07 bits per heavy atom. The van der Waals surface area contributed by atoms with E-state index >= 15 is 0 Å². The average Bonchev–Trinajstić information content (AvgIpc) is 3.09. The fourth-order valence-electron chi connectivity index (χ4n) is 4.08. The number of benzene rings is 2. The molecule has 0 saturated carbocycles. The Bertz CT molecular complexity index is 1060. The molecule has 1 amide bonds. The molecule has 1 saturated heterocycles. The van der Waals surface area contributed by atoms with Crippen molar-refractivity contribution < 1.29 is 9.69 Å². The number of carbonyl (C=O) groups is 1. The van der Waals surface area contributed by atoms with E-state index in [0.29, 0.717) is 11.4 Å². The van der Waals surface area contributed by atoms with Gasteiger partial charge in [-0.15, -0.1) is 0 Å². The quantitative estimate of drug-likeness (QED) is 0.618. The van der Waals surface area contributed by atoms with Crippen molar-refractivity contribution in [3.05, 3.63) is 64.4 Å². The number of piperidine rings is 1. The van der Waals surface area contributed by atoms with Gasteiger partial charge in [-0.3, -0.25) is 4.79 Å². The number of nitrogens with one attached hydrogen (secondary N) is 2. The monoisotopic (exact) mass is 423 g/mol. The normalized spacial score (nSPS) is 18.9. The molecule has 3 aromatic rings. The predicted molar refractivity (Wildman–Crippen MR) is 118 cm³/mol. The molecular weight excluding hydrogens is 396 g/mol. The summed E-state index contributed by atoms with van der Waals surface area (Å²) < 4.78 is 4.14. The summed E-state index contributed by atoms with van der Waals surface area (Å²) in [5, 5.41) is 11.6. The number of likely N-dealkylation sites (tertiary alicyclic amines) is 1. The van der Waals surface area contributed by atoms with Crippen LogP contribution >= 0.6 is 12.2 Å². The maximum atomic E-state index is 12.5. The van der Waals surface area contributed by atoms with E-state index in [1.54, 1.807) is 9.36 Å². The number of amides is 1. The van der Waals surface area contributed by atoms with Crippen molar-refractivity contribution in [2.75, 3.05) is 18.4 Å². The summed E-state index contributed by atoms with van der Waals surface area (Å²) in [6.07, 6.45) is 1.71. The third-order valence-electron chi connectivity index (χ3n) is 5.77. The molecule has 1 aliphatic heterocycles. The van der Waals surface area contributed by atoms with E-state index in [2.05, 4.69) is 41.7 Å². The van der Waals surface area contributed by atoms with Crippen LogP contribution in [0, 0.1) is 24.5 Å². The van der Waals surface area contributed by atoms with E-state index in [-0.39, 0.29) is 11.8 Å². The molecule has 2 N–H and O–H groups in total. The molecule has 8 heteroatoms. The number of tetrazole rings is 1. The van der Waals surface area contributed by atoms with Gasteiger partial charge in [0.25, 0.3) is 0 Å². The molecular formula is C22H27N6OS+. The number of hydrogen-bond acceptors (Lipinski definition) is 4. The first kappa shape index (κ1) is 20.4. The van der Waals surface area contributed by atoms with Crippen LogP contribution < -0.4 is 10.2 Å². The van der Waals surface area contributed by atoms with Gasteiger partial charge in [-0.1, -0.05) is 36.4 Å². The minimum absolute atomic E-state index is 0.0484. The molecule has 0 atom stereocenters. The number of carbonyl (C=O) groups excluding carboxylic acids is 1. The number of rotatable bonds is 5. The van der Waals surface area contributed by atoms with E-state index in [9.17, 15) is 4.79 Å². The number of aryl methyl sites for hydroxylation is 2. The number of quaternary nitrogens is 1. The van der Waals surface area contributed by atoms with Crippen LogP contribution in [0.25, 0.3) is 5.69 Å². The van der Waals surface area contributed by atoms with Crippen molar-refractivity contribution in [3.63, 3.8) is 0 Å². The maximum Gasteiger partial charge on any atom is 0.227 e. The van der Waals surface area contributed by atoms with Gasteiger partial charge in [-0.05, 0) is 59.8 Å². The van der Waals surface area contributed by atoms with E-state index in [1.807, 2.05) is 36.4 Å². The van der Waals surface area contributed by atoms with Gasteiger partial charge in [0.05, 0.1) is 18.8 Å². The number of nitrogens with zero attached hydrogens (tertiary/aromatic N) is 4. The first-order chi connectivity index (χ1) is 14.5. The molecule has 0 unspecified atom stereocenters. The molecule has 0 radical (unpaired) electrons. The Kier molecular flexibility index (Phi) is 6.06. The molecule has 156 valence electrons. The van der Waals surface area contributed by atoms with E-state index in [1.165, 1.54) is 4.90 Å². The Hall–Kier alpha value is -2.84. The van der Waals surface area contributed by atoms with Crippen LogP contribution in [0.4, 0.5) is 5.69 Å². The van der Waals surface area contributed by atoms with Gasteiger partial charge in [0, 0.05) is 24.4 Å². The van der Waals surface area contributed by atoms with Crippen molar-refractivity contribution in [2.24, 2.45) is 5.92 Å². The molecule has 1 fully saturated rings. The molecule has 0 bridgehead atoms. The second kappa shape index (κ2) is 8.89. The minimum atomic E-state index is 0.0484. The van der Waals surface area contributed by atoms with Crippen molar-refractivity contribution in [1.29, 1.82) is 0 Å². The largest absolute Gasteiger partial charge is 0.326 e. The molecule has 4 rings (SSSR count). The van der Waals surface area contributed by atoms with E-state index < -0.39 is 0 Å². The second-order valence-electron chi connectivity index (χ2n) is 7.95. The third kappa shape index (κ3) is 4.34. The van der Waals surface area contributed by atoms with Crippen molar-refractivity contribution in [3.8, 4) is 5.69 Å². The second-order valence-corrected chi connectivity index (χ2v) is 8.32. The van der Waals surface area contributed by atoms with E-state index in [4.69, 9.17) is 12.2 Å². The molecule has 30 heavy (non-hydrogen) atoms. The van der Waals surface area contributed by atoms with Crippen molar-refractivity contribution >= 4 is 23.8 Å². The van der Waals surface area contributed by atoms with Gasteiger partial charge in [0.15, 0.2) is 6.67 Å². The molecule has 1 aliphatic rings. The number of para-hydroxylation sites is 2. The Morgan fingerprint density at radius 3 is 2.40 bits per heavy atom. The van der Waals surface area contributed by atoms with Gasteiger partial charge in [0.1, 0.15) is 0 Å². The molecule has 7 nitrogen and oxygen atoms in total. The van der Waals surface area contributed by atoms with Gasteiger partial charge < -0.3 is 10.2 Å². The van der Waals surface area contributed by atoms with Crippen molar-refractivity contribution in [2.45, 2.75) is 33.4 Å². The molecule has 2 heterocycles. The standard InChI is InChI=1S/C22H26N6OS/c1-16-7-6-8-17(2)20(16)28-22(30)27(24-25-28)15-26-13-11-18(12-14-26)21(29)23-19-9-4-3-5-10-19/h3-10,18H,11-15H2,1-2H3,(H,23,29)/p+1. The summed E-state index contributed by atoms with van der Waals surface area (Å²) in [6.45, 7) is 6.59. The lowest BCUT2D eigenvalue weighted by atomic mass is 9.96. The summed E-state index contributed by atoms with van der Waals surface area (Å²) in [7, 11) is 0. The number of hydrogen-bond donors (Lipinski definition) is 2. The zero-order valence-electron chi connectivity index (χ0n) is 17.3. The maximum absolute atomic E-state index is 12.5. The first-order valence-corrected chi connectivity index (χ1v) is 10.7. The Balaban J connectivity index is 1.37. The third-order valence-corrected chi connectivity index (χ3v) is 6.15. The minimum Gasteiger partial charge on any atom is -0.326 e. The predicted octanol–water partition coefficient (Wildman–Crippen LogP) is 2.31. The highest BCUT2D eigenvalue weighted by molar-refractivity contribution is 7.71. The van der Waals surface area contributed by atoms with Gasteiger partial charge in [-0.2, -0.15) is 9.36 Å². The van der Waals surface area contributed by atoms with Crippen LogP contribution in [0.2, 0.25) is 0 Å². The lowest BCUT2D eigenvalue weighted by molar-refractivity contribution is -0.929. The fourth-order valence-corrected chi connectivity index (χ4v) is 4.31. The summed E-state index contributed by atoms with van der Waals surface area (Å²) >= 11 is 5.66. The topological polar surface area (TPSA) is 69.2 Å². The fraction of sp³-hybridized carbons (Fsp3) is 0.364. The summed E-state index contributed by atoms with van der Waals surface area (Å²) in [4.78, 5) is 13.9. The van der Waals surface area contributed by atoms with Gasteiger partial charge in [-0.25, -0.2) is 0 Å². The van der Waals surface area contributed by atoms with Crippen LogP contribution in [-0.2, 0) is 11.5 Å². The Labute approximate surface area is 181 Å². The van der Waals surface area contributed by atoms with Crippen LogP contribution in [0.1, 0.15) is 24.0 Å². The van der Waals surface area contributed by atoms with Gasteiger partial charge >= 0.3 is 0 Å². The van der Waals surface area contributed by atoms with Crippen LogP contribution in [-0.4, -0.2) is 38.8 Å². The lowest BCUT2D eigenvalue weighted by Crippen LogP contribution is -3.12. The van der Waals surface area contributed by atoms with Crippen molar-refractivity contribution in [1.82, 2.24) is 19.8 Å². The highest BCUT2D eigenvalue weighted by Gasteiger charge is 2.28. The Morgan fingerprint density at radius 2 is 1.73 bits per heavy atom. The highest BCUT2D eigenvalue weighted by atomic mass is 32.1. The first-order valence-electron chi connectivity index (χ1n) is 10.3. The summed E-state index contributed by atoms with van der Waals surface area (Å²) in [6, 6.07) is 15.8. The SMILES string of the molecule is Cc1cccc(C)c1-n1nnn(C[NH+]2CCC(C(=O)Nc3ccccc3)CC2)c1=S. The average molecular weight is 424 g/mol. The van der Waals surface area contributed by atoms with Crippen LogP contribution in [0.5, 0.6) is 0 Å². The zero-order chi connectivity index (χ0) is 21.1. The zero-order valence-corrected chi connectivity index (χ0v) is 18.2. The molecule has 0 spiro atoms. The molecule has 0 aliphatic carbocycles. The molecule has 2 aromatic carbocycles. The van der Waals surface area contributed by atoms with Gasteiger partial charge in [0.2, 0.25) is 10.7 Å². The number of anilines is 1. The van der Waals surface area contributed by atoms with Crippen LogP contribution in [0.3, 0.4) is 0 Å². The van der Waals surface area contributed by atoms with Crippen LogP contribution in [0.15, 0.2) is 48.5 Å². The summed E-state index contributed by atoms with van der Waals surface area (Å²) in [5.41, 5.74) is 4.10. The lowest BCUT2D eigenvalue weighted by Gasteiger charge is -2.28. The van der Waals surface area contributed by atoms with E-state index in [0.717, 1.165) is 48.4 Å². The highest BCUT2D eigenvalue weighted by Crippen LogP contribution is 2.18. The smallest absolute Gasteiger partial charge is 0.227 e. The molecule has 1 aromatic heterocycles. The number of aromatic nitrogens is 4.